The largest absolute Gasteiger partial charge is 0.309 e. The molecule has 57 heavy (non-hydrogen) atoms. The zero-order valence-corrected chi connectivity index (χ0v) is 35.9. The maximum atomic E-state index is 15.9. The van der Waals surface area contributed by atoms with Gasteiger partial charge in [0.2, 0.25) is 0 Å². The molecule has 0 radical (unpaired) electrons. The van der Waals surface area contributed by atoms with Crippen LogP contribution in [0.2, 0.25) is 0 Å². The summed E-state index contributed by atoms with van der Waals surface area (Å²) in [6.45, 7) is 4.56. The van der Waals surface area contributed by atoms with Crippen molar-refractivity contribution < 1.29 is 9.13 Å². The molecule has 0 atom stereocenters. The number of hydrogen-bond donors (Lipinski definition) is 0. The molecule has 6 aromatic carbocycles. The third-order valence-electron chi connectivity index (χ3n) is 12.4. The van der Waals surface area contributed by atoms with Gasteiger partial charge in [-0.15, -0.1) is 0 Å². The van der Waals surface area contributed by atoms with Crippen LogP contribution in [0.3, 0.4) is 0 Å². The maximum absolute atomic E-state index is 15.9. The van der Waals surface area contributed by atoms with Crippen molar-refractivity contribution in [1.29, 1.82) is 0 Å². The van der Waals surface area contributed by atoms with Crippen LogP contribution in [0.5, 0.6) is 0 Å². The molecule has 2 nitrogen and oxygen atoms in total. The minimum Gasteiger partial charge on any atom is -0.309 e. The summed E-state index contributed by atoms with van der Waals surface area (Å²) in [6.07, 6.45) is 16.7. The normalized spacial score (nSPS) is 13.3. The molecule has 6 aromatic rings. The summed E-state index contributed by atoms with van der Waals surface area (Å²) >= 11 is 0. The zero-order chi connectivity index (χ0) is 39.6. The molecule has 0 amide bonds. The summed E-state index contributed by atoms with van der Waals surface area (Å²) in [5.74, 6) is 0. The number of fused-ring (bicyclic) bond motifs is 3. The third-order valence-corrected chi connectivity index (χ3v) is 18.6. The minimum absolute atomic E-state index is 0.289. The molecular formula is C53H60O2P2. The highest BCUT2D eigenvalue weighted by Crippen LogP contribution is 2.56. The lowest BCUT2D eigenvalue weighted by atomic mass is 9.70. The van der Waals surface area contributed by atoms with Crippen molar-refractivity contribution in [2.45, 2.75) is 109 Å². The van der Waals surface area contributed by atoms with Crippen LogP contribution in [0, 0.1) is 0 Å². The van der Waals surface area contributed by atoms with Crippen LogP contribution in [-0.2, 0) is 14.5 Å². The Labute approximate surface area is 342 Å². The lowest BCUT2D eigenvalue weighted by Gasteiger charge is -2.34. The summed E-state index contributed by atoms with van der Waals surface area (Å²) in [7, 11) is -6.42. The number of hydrogen-bond acceptors (Lipinski definition) is 2. The molecule has 0 unspecified atom stereocenters. The fourth-order valence-electron chi connectivity index (χ4n) is 9.39. The van der Waals surface area contributed by atoms with Crippen LogP contribution in [-0.4, -0.2) is 0 Å². The van der Waals surface area contributed by atoms with Gasteiger partial charge in [-0.3, -0.25) is 0 Å². The van der Waals surface area contributed by atoms with Gasteiger partial charge >= 0.3 is 0 Å². The van der Waals surface area contributed by atoms with Gasteiger partial charge in [0.05, 0.1) is 0 Å². The summed E-state index contributed by atoms with van der Waals surface area (Å²) in [4.78, 5) is 0. The van der Waals surface area contributed by atoms with Gasteiger partial charge in [0.25, 0.3) is 0 Å². The minimum atomic E-state index is -3.21. The summed E-state index contributed by atoms with van der Waals surface area (Å²) < 4.78 is 31.8. The fourth-order valence-corrected chi connectivity index (χ4v) is 14.7. The van der Waals surface area contributed by atoms with E-state index in [1.54, 1.807) is 0 Å². The van der Waals surface area contributed by atoms with E-state index in [4.69, 9.17) is 0 Å². The second-order valence-electron chi connectivity index (χ2n) is 16.1. The first-order valence-electron chi connectivity index (χ1n) is 21.7. The molecule has 0 saturated carbocycles. The lowest BCUT2D eigenvalue weighted by molar-refractivity contribution is 0.398. The smallest absolute Gasteiger partial charge is 0.171 e. The SMILES string of the molecule is CCCCCCCCC1(CCCCCCCC)c2cc(P(=O)(c3ccccc3)c3ccccc3)ccc2-c2ccc(P(=O)(c3ccccc3)c3ccccc3)cc21. The van der Waals surface area contributed by atoms with Crippen molar-refractivity contribution in [2.24, 2.45) is 0 Å². The lowest BCUT2D eigenvalue weighted by Crippen LogP contribution is -2.30. The first kappa shape index (κ1) is 41.0. The highest BCUT2D eigenvalue weighted by molar-refractivity contribution is 7.85. The average molecular weight is 791 g/mol. The van der Waals surface area contributed by atoms with Gasteiger partial charge in [-0.25, -0.2) is 0 Å². The van der Waals surface area contributed by atoms with E-state index < -0.39 is 14.3 Å². The Kier molecular flexibility index (Phi) is 13.7. The van der Waals surface area contributed by atoms with Crippen LogP contribution in [0.25, 0.3) is 11.1 Å². The maximum Gasteiger partial charge on any atom is 0.171 e. The highest BCUT2D eigenvalue weighted by atomic mass is 31.2. The Balaban J connectivity index is 1.42. The highest BCUT2D eigenvalue weighted by Gasteiger charge is 2.45. The third kappa shape index (κ3) is 8.37. The van der Waals surface area contributed by atoms with Crippen molar-refractivity contribution in [3.8, 4) is 11.1 Å². The van der Waals surface area contributed by atoms with E-state index in [2.05, 4.69) is 50.2 Å². The Bertz CT molecular complexity index is 2030. The molecule has 0 fully saturated rings. The van der Waals surface area contributed by atoms with E-state index in [1.165, 1.54) is 86.5 Å². The summed E-state index contributed by atoms with van der Waals surface area (Å²) in [6, 6.07) is 53.9. The van der Waals surface area contributed by atoms with Crippen molar-refractivity contribution >= 4 is 46.1 Å². The Morgan fingerprint density at radius 2 is 0.649 bits per heavy atom. The quantitative estimate of drug-likeness (QED) is 0.0570. The van der Waals surface area contributed by atoms with Gasteiger partial charge in [-0.2, -0.15) is 0 Å². The molecule has 4 heteroatoms. The molecule has 0 saturated heterocycles. The van der Waals surface area contributed by atoms with Gasteiger partial charge in [0.15, 0.2) is 14.3 Å². The van der Waals surface area contributed by atoms with Crippen LogP contribution in [0.1, 0.15) is 115 Å². The number of rotatable bonds is 20. The van der Waals surface area contributed by atoms with Crippen LogP contribution in [0.15, 0.2) is 158 Å². The zero-order valence-electron chi connectivity index (χ0n) is 34.1. The molecule has 0 heterocycles. The summed E-state index contributed by atoms with van der Waals surface area (Å²) in [5.41, 5.74) is 4.78. The number of unbranched alkanes of at least 4 members (excludes halogenated alkanes) is 10. The standard InChI is InChI=1S/C53H60O2P2/c1-3-5-7-9-11-25-39-53(40-26-12-10-8-6-4-2)51-41-47(56(54,43-27-17-13-18-28-43)44-29-19-14-20-30-44)35-37-49(51)50-38-36-48(42-52(50)53)57(55,45-31-21-15-22-32-45)46-33-23-16-24-34-46/h13-24,27-38,41-42H,3-12,25-26,39-40H2,1-2H3. The second-order valence-corrected chi connectivity index (χ2v) is 21.7. The number of benzene rings is 6. The fraction of sp³-hybridized carbons (Fsp3) is 0.321. The van der Waals surface area contributed by atoms with Gasteiger partial charge in [0, 0.05) is 37.2 Å². The van der Waals surface area contributed by atoms with Gasteiger partial charge in [-0.05, 0) is 47.2 Å². The average Bonchev–Trinajstić information content (AvgIpc) is 3.54. The van der Waals surface area contributed by atoms with Gasteiger partial charge < -0.3 is 9.13 Å². The van der Waals surface area contributed by atoms with Gasteiger partial charge in [-0.1, -0.05) is 236 Å². The van der Waals surface area contributed by atoms with Crippen LogP contribution >= 0.6 is 14.3 Å². The molecule has 7 rings (SSSR count). The molecule has 1 aliphatic rings. The van der Waals surface area contributed by atoms with Crippen molar-refractivity contribution in [3.63, 3.8) is 0 Å². The van der Waals surface area contributed by atoms with Crippen molar-refractivity contribution in [1.82, 2.24) is 0 Å². The molecule has 0 bridgehead atoms. The first-order valence-corrected chi connectivity index (χ1v) is 25.1. The van der Waals surface area contributed by atoms with Gasteiger partial charge in [0.1, 0.15) is 0 Å². The van der Waals surface area contributed by atoms with Crippen LogP contribution < -0.4 is 31.8 Å². The molecular weight excluding hydrogens is 731 g/mol. The second kappa shape index (κ2) is 19.0. The monoisotopic (exact) mass is 790 g/mol. The van der Waals surface area contributed by atoms with Crippen LogP contribution in [0.4, 0.5) is 0 Å². The van der Waals surface area contributed by atoms with E-state index >= 15 is 9.13 Å². The molecule has 0 aliphatic heterocycles. The molecule has 0 N–H and O–H groups in total. The Hall–Kier alpha value is -4.22. The topological polar surface area (TPSA) is 34.1 Å². The summed E-state index contributed by atoms with van der Waals surface area (Å²) in [5, 5.41) is 5.22. The Morgan fingerprint density at radius 1 is 0.351 bits per heavy atom. The predicted octanol–water partition coefficient (Wildman–Crippen LogP) is 12.7. The van der Waals surface area contributed by atoms with E-state index in [0.717, 1.165) is 57.5 Å². The predicted molar refractivity (Wildman–Crippen MR) is 247 cm³/mol. The van der Waals surface area contributed by atoms with E-state index in [-0.39, 0.29) is 5.41 Å². The first-order chi connectivity index (χ1) is 28.0. The molecule has 1 aliphatic carbocycles. The van der Waals surface area contributed by atoms with E-state index in [9.17, 15) is 0 Å². The molecule has 0 aromatic heterocycles. The van der Waals surface area contributed by atoms with Crippen molar-refractivity contribution in [3.05, 3.63) is 169 Å². The van der Waals surface area contributed by atoms with E-state index in [0.29, 0.717) is 0 Å². The Morgan fingerprint density at radius 3 is 0.965 bits per heavy atom. The molecule has 294 valence electrons. The van der Waals surface area contributed by atoms with E-state index in [1.807, 2.05) is 121 Å². The van der Waals surface area contributed by atoms with Crippen molar-refractivity contribution in [2.75, 3.05) is 0 Å². The molecule has 0 spiro atoms.